The molecule has 4 fully saturated rings. The third-order valence-corrected chi connectivity index (χ3v) is 6.49. The topological polar surface area (TPSA) is 38.9 Å². The van der Waals surface area contributed by atoms with E-state index < -0.39 is 0 Å². The van der Waals surface area contributed by atoms with E-state index >= 15 is 0 Å². The van der Waals surface area contributed by atoms with E-state index in [9.17, 15) is 0 Å². The number of aromatic nitrogens is 1. The quantitative estimate of drug-likeness (QED) is 0.909. The van der Waals surface area contributed by atoms with Gasteiger partial charge in [0.1, 0.15) is 0 Å². The predicted molar refractivity (Wildman–Crippen MR) is 81.2 cm³/mol. The van der Waals surface area contributed by atoms with Crippen molar-refractivity contribution in [2.75, 3.05) is 0 Å². The summed E-state index contributed by atoms with van der Waals surface area (Å²) >= 11 is 0. The standard InChI is InChI=1S/C18H26N2/c1-12(16-4-2-3-5-20-16)17(19)18-9-13-6-14(10-18)8-15(7-13)11-18/h2-5,12-15,17H,6-11,19H2,1H3. The molecule has 2 heteroatoms. The molecular formula is C18H26N2. The number of hydrogen-bond donors (Lipinski definition) is 1. The SMILES string of the molecule is CC(c1ccccn1)C(N)C12CC3CC(CC(C3)C1)C2. The summed E-state index contributed by atoms with van der Waals surface area (Å²) < 4.78 is 0. The van der Waals surface area contributed by atoms with Crippen LogP contribution in [0.5, 0.6) is 0 Å². The third kappa shape index (κ3) is 1.92. The first-order valence-corrected chi connectivity index (χ1v) is 8.33. The van der Waals surface area contributed by atoms with Crippen molar-refractivity contribution in [1.29, 1.82) is 0 Å². The largest absolute Gasteiger partial charge is 0.327 e. The van der Waals surface area contributed by atoms with E-state index in [0.717, 1.165) is 17.8 Å². The van der Waals surface area contributed by atoms with Crippen LogP contribution in [0.3, 0.4) is 0 Å². The van der Waals surface area contributed by atoms with Gasteiger partial charge < -0.3 is 5.73 Å². The van der Waals surface area contributed by atoms with Crippen molar-refractivity contribution in [2.45, 2.75) is 57.4 Å². The van der Waals surface area contributed by atoms with Crippen molar-refractivity contribution in [3.63, 3.8) is 0 Å². The normalized spacial score (nSPS) is 41.6. The van der Waals surface area contributed by atoms with Crippen molar-refractivity contribution < 1.29 is 0 Å². The first-order chi connectivity index (χ1) is 9.66. The van der Waals surface area contributed by atoms with Crippen molar-refractivity contribution >= 4 is 0 Å². The summed E-state index contributed by atoms with van der Waals surface area (Å²) in [4.78, 5) is 4.55. The average molecular weight is 270 g/mol. The molecular weight excluding hydrogens is 244 g/mol. The highest BCUT2D eigenvalue weighted by Gasteiger charge is 2.54. The van der Waals surface area contributed by atoms with Crippen molar-refractivity contribution in [3.05, 3.63) is 30.1 Å². The lowest BCUT2D eigenvalue weighted by Gasteiger charge is -2.59. The van der Waals surface area contributed by atoms with E-state index in [0.29, 0.717) is 11.3 Å². The highest BCUT2D eigenvalue weighted by Crippen LogP contribution is 2.62. The number of hydrogen-bond acceptors (Lipinski definition) is 2. The predicted octanol–water partition coefficient (Wildman–Crippen LogP) is 3.73. The molecule has 2 atom stereocenters. The van der Waals surface area contributed by atoms with Gasteiger partial charge in [0.15, 0.2) is 0 Å². The molecule has 0 radical (unpaired) electrons. The fourth-order valence-corrected chi connectivity index (χ4v) is 5.95. The molecule has 4 aliphatic rings. The van der Waals surface area contributed by atoms with Gasteiger partial charge in [-0.05, 0) is 73.8 Å². The lowest BCUT2D eigenvalue weighted by atomic mass is 9.47. The van der Waals surface area contributed by atoms with E-state index in [1.165, 1.54) is 44.2 Å². The molecule has 5 rings (SSSR count). The van der Waals surface area contributed by atoms with Crippen molar-refractivity contribution in [3.8, 4) is 0 Å². The molecule has 20 heavy (non-hydrogen) atoms. The molecule has 0 amide bonds. The number of pyridine rings is 1. The molecule has 1 heterocycles. The molecule has 2 nitrogen and oxygen atoms in total. The van der Waals surface area contributed by atoms with Crippen LogP contribution in [0.4, 0.5) is 0 Å². The van der Waals surface area contributed by atoms with Crippen LogP contribution in [0.1, 0.15) is 57.1 Å². The Morgan fingerprint density at radius 3 is 2.20 bits per heavy atom. The van der Waals surface area contributed by atoms with E-state index in [2.05, 4.69) is 24.0 Å². The Morgan fingerprint density at radius 1 is 1.10 bits per heavy atom. The second kappa shape index (κ2) is 4.56. The molecule has 1 aromatic rings. The average Bonchev–Trinajstić information content (AvgIpc) is 2.45. The summed E-state index contributed by atoms with van der Waals surface area (Å²) in [5, 5.41) is 0. The fraction of sp³-hybridized carbons (Fsp3) is 0.722. The minimum absolute atomic E-state index is 0.283. The summed E-state index contributed by atoms with van der Waals surface area (Å²) in [6, 6.07) is 6.51. The highest BCUT2D eigenvalue weighted by molar-refractivity contribution is 5.16. The van der Waals surface area contributed by atoms with Gasteiger partial charge in [0.05, 0.1) is 0 Å². The fourth-order valence-electron chi connectivity index (χ4n) is 5.95. The summed E-state index contributed by atoms with van der Waals surface area (Å²) in [5.41, 5.74) is 8.41. The maximum atomic E-state index is 6.81. The molecule has 4 aliphatic carbocycles. The van der Waals surface area contributed by atoms with Crippen LogP contribution < -0.4 is 5.73 Å². The highest BCUT2D eigenvalue weighted by atomic mass is 14.8. The third-order valence-electron chi connectivity index (χ3n) is 6.49. The molecule has 4 saturated carbocycles. The molecule has 0 saturated heterocycles. The molecule has 2 N–H and O–H groups in total. The van der Waals surface area contributed by atoms with Crippen LogP contribution in [0, 0.1) is 23.2 Å². The molecule has 1 aromatic heterocycles. The van der Waals surface area contributed by atoms with E-state index in [1.807, 2.05) is 12.3 Å². The Hall–Kier alpha value is -0.890. The van der Waals surface area contributed by atoms with Crippen LogP contribution in [0.2, 0.25) is 0 Å². The monoisotopic (exact) mass is 270 g/mol. The van der Waals surface area contributed by atoms with Crippen LogP contribution in [-0.4, -0.2) is 11.0 Å². The molecule has 0 aromatic carbocycles. The van der Waals surface area contributed by atoms with Gasteiger partial charge in [-0.1, -0.05) is 13.0 Å². The zero-order chi connectivity index (χ0) is 13.7. The Labute approximate surface area is 122 Å². The Kier molecular flexibility index (Phi) is 2.92. The zero-order valence-corrected chi connectivity index (χ0v) is 12.5. The summed E-state index contributed by atoms with van der Waals surface area (Å²) in [5.74, 6) is 3.31. The first kappa shape index (κ1) is 12.8. The number of nitrogens with zero attached hydrogens (tertiary/aromatic N) is 1. The van der Waals surface area contributed by atoms with Gasteiger partial charge in [-0.25, -0.2) is 0 Å². The Bertz CT molecular complexity index is 446. The maximum Gasteiger partial charge on any atom is 0.0447 e. The Morgan fingerprint density at radius 2 is 1.70 bits per heavy atom. The molecule has 2 unspecified atom stereocenters. The minimum atomic E-state index is 0.283. The van der Waals surface area contributed by atoms with Gasteiger partial charge >= 0.3 is 0 Å². The summed E-state index contributed by atoms with van der Waals surface area (Å²) in [7, 11) is 0. The van der Waals surface area contributed by atoms with E-state index in [4.69, 9.17) is 5.73 Å². The summed E-state index contributed by atoms with van der Waals surface area (Å²) in [6.45, 7) is 2.28. The molecule has 4 bridgehead atoms. The van der Waals surface area contributed by atoms with Gasteiger partial charge in [0.25, 0.3) is 0 Å². The van der Waals surface area contributed by atoms with Crippen LogP contribution in [-0.2, 0) is 0 Å². The second-order valence-corrected chi connectivity index (χ2v) is 7.85. The van der Waals surface area contributed by atoms with Gasteiger partial charge in [-0.3, -0.25) is 4.98 Å². The van der Waals surface area contributed by atoms with Gasteiger partial charge in [-0.2, -0.15) is 0 Å². The molecule has 0 aliphatic heterocycles. The Balaban J connectivity index is 1.60. The van der Waals surface area contributed by atoms with Crippen LogP contribution >= 0.6 is 0 Å². The maximum absolute atomic E-state index is 6.81. The zero-order valence-electron chi connectivity index (χ0n) is 12.5. The van der Waals surface area contributed by atoms with Gasteiger partial charge in [0.2, 0.25) is 0 Å². The van der Waals surface area contributed by atoms with Crippen molar-refractivity contribution in [2.24, 2.45) is 28.9 Å². The second-order valence-electron chi connectivity index (χ2n) is 7.85. The van der Waals surface area contributed by atoms with Crippen LogP contribution in [0.15, 0.2) is 24.4 Å². The lowest BCUT2D eigenvalue weighted by Crippen LogP contribution is -2.56. The van der Waals surface area contributed by atoms with Gasteiger partial charge in [-0.15, -0.1) is 0 Å². The van der Waals surface area contributed by atoms with E-state index in [1.54, 1.807) is 0 Å². The lowest BCUT2D eigenvalue weighted by molar-refractivity contribution is -0.0706. The molecule has 0 spiro atoms. The smallest absolute Gasteiger partial charge is 0.0447 e. The number of nitrogens with two attached hydrogens (primary N) is 1. The van der Waals surface area contributed by atoms with E-state index in [-0.39, 0.29) is 6.04 Å². The summed E-state index contributed by atoms with van der Waals surface area (Å²) in [6.07, 6.45) is 10.5. The number of rotatable bonds is 3. The van der Waals surface area contributed by atoms with Gasteiger partial charge in [0, 0.05) is 23.9 Å². The van der Waals surface area contributed by atoms with Crippen LogP contribution in [0.25, 0.3) is 0 Å². The minimum Gasteiger partial charge on any atom is -0.327 e. The van der Waals surface area contributed by atoms with Crippen molar-refractivity contribution in [1.82, 2.24) is 4.98 Å². The first-order valence-electron chi connectivity index (χ1n) is 8.33. The molecule has 108 valence electrons.